The first-order valence-electron chi connectivity index (χ1n) is 5.64. The van der Waals surface area contributed by atoms with Crippen LogP contribution in [0.3, 0.4) is 0 Å². The van der Waals surface area contributed by atoms with Crippen molar-refractivity contribution in [2.75, 3.05) is 12.0 Å². The number of nitrogens with two attached hydrogens (primary N) is 1. The molecule has 0 fully saturated rings. The normalized spacial score (nSPS) is 10.2. The van der Waals surface area contributed by atoms with Crippen LogP contribution in [0.2, 0.25) is 0 Å². The number of nitrogens with one attached hydrogen (secondary N) is 2. The van der Waals surface area contributed by atoms with Crippen molar-refractivity contribution in [2.24, 2.45) is 5.84 Å². The lowest BCUT2D eigenvalue weighted by molar-refractivity contribution is 0.0954. The van der Waals surface area contributed by atoms with E-state index < -0.39 is 0 Å². The number of pyridine rings is 1. The molecule has 0 saturated heterocycles. The average Bonchev–Trinajstić information content (AvgIpc) is 2.84. The third kappa shape index (κ3) is 4.02. The molecule has 7 heteroatoms. The van der Waals surface area contributed by atoms with Crippen molar-refractivity contribution in [1.29, 1.82) is 0 Å². The van der Waals surface area contributed by atoms with Gasteiger partial charge in [0.05, 0.1) is 9.35 Å². The highest BCUT2D eigenvalue weighted by molar-refractivity contribution is 9.11. The summed E-state index contributed by atoms with van der Waals surface area (Å²) in [5.74, 6) is 5.60. The van der Waals surface area contributed by atoms with Crippen LogP contribution in [-0.2, 0) is 6.42 Å². The molecular weight excluding hydrogens is 328 g/mol. The fourth-order valence-corrected chi connectivity index (χ4v) is 2.98. The minimum atomic E-state index is -0.133. The van der Waals surface area contributed by atoms with Crippen LogP contribution in [0, 0.1) is 0 Å². The molecule has 0 aliphatic heterocycles. The number of halogens is 1. The number of amides is 1. The molecule has 0 radical (unpaired) electrons. The summed E-state index contributed by atoms with van der Waals surface area (Å²) in [6.45, 7) is 0.600. The lowest BCUT2D eigenvalue weighted by Gasteiger charge is -2.04. The molecule has 100 valence electrons. The Morgan fingerprint density at radius 2 is 2.21 bits per heavy atom. The Balaban J connectivity index is 1.83. The number of anilines is 1. The van der Waals surface area contributed by atoms with E-state index in [9.17, 15) is 4.79 Å². The molecular formula is C12H13BrN4OS. The van der Waals surface area contributed by atoms with Crippen LogP contribution in [0.25, 0.3) is 0 Å². The number of nitrogen functional groups attached to an aromatic ring is 1. The first kappa shape index (κ1) is 14.0. The lowest BCUT2D eigenvalue weighted by Crippen LogP contribution is -2.25. The molecule has 2 rings (SSSR count). The Morgan fingerprint density at radius 1 is 1.37 bits per heavy atom. The van der Waals surface area contributed by atoms with Crippen LogP contribution in [0.4, 0.5) is 5.82 Å². The summed E-state index contributed by atoms with van der Waals surface area (Å²) in [5, 5.41) is 2.85. The second-order valence-electron chi connectivity index (χ2n) is 3.79. The molecule has 0 spiro atoms. The number of carbonyl (C=O) groups is 1. The second kappa shape index (κ2) is 6.65. The molecule has 0 aromatic carbocycles. The maximum absolute atomic E-state index is 11.8. The first-order chi connectivity index (χ1) is 9.19. The van der Waals surface area contributed by atoms with E-state index in [0.29, 0.717) is 17.9 Å². The van der Waals surface area contributed by atoms with E-state index in [1.165, 1.54) is 11.1 Å². The molecule has 2 heterocycles. The van der Waals surface area contributed by atoms with Crippen LogP contribution >= 0.6 is 27.3 Å². The van der Waals surface area contributed by atoms with Gasteiger partial charge in [0, 0.05) is 17.6 Å². The molecule has 4 N–H and O–H groups in total. The standard InChI is InChI=1S/C12H13BrN4OS/c13-10-3-2-9(19-10)5-6-15-12(18)8-1-4-11(17-14)16-7-8/h1-4,7H,5-6,14H2,(H,15,18)(H,16,17). The third-order valence-electron chi connectivity index (χ3n) is 2.46. The lowest BCUT2D eigenvalue weighted by atomic mass is 10.2. The third-order valence-corrected chi connectivity index (χ3v) is 4.14. The number of carbonyl (C=O) groups excluding carboxylic acids is 1. The van der Waals surface area contributed by atoms with Crippen LogP contribution in [0.5, 0.6) is 0 Å². The van der Waals surface area contributed by atoms with E-state index in [1.54, 1.807) is 23.5 Å². The minimum absolute atomic E-state index is 0.133. The molecule has 0 saturated carbocycles. The Bertz CT molecular complexity index is 555. The number of rotatable bonds is 5. The van der Waals surface area contributed by atoms with Gasteiger partial charge < -0.3 is 10.7 Å². The van der Waals surface area contributed by atoms with E-state index in [2.05, 4.69) is 31.7 Å². The van der Waals surface area contributed by atoms with Gasteiger partial charge in [-0.3, -0.25) is 4.79 Å². The molecule has 2 aromatic rings. The van der Waals surface area contributed by atoms with E-state index in [0.717, 1.165) is 10.2 Å². The van der Waals surface area contributed by atoms with Gasteiger partial charge >= 0.3 is 0 Å². The molecule has 0 unspecified atom stereocenters. The topological polar surface area (TPSA) is 80.0 Å². The predicted octanol–water partition coefficient (Wildman–Crippen LogP) is 2.16. The molecule has 1 amide bonds. The Morgan fingerprint density at radius 3 is 2.79 bits per heavy atom. The smallest absolute Gasteiger partial charge is 0.252 e. The maximum atomic E-state index is 11.8. The molecule has 0 atom stereocenters. The fourth-order valence-electron chi connectivity index (χ4n) is 1.50. The molecule has 2 aromatic heterocycles. The van der Waals surface area contributed by atoms with Gasteiger partial charge in [0.2, 0.25) is 0 Å². The number of hydrogen-bond acceptors (Lipinski definition) is 5. The van der Waals surface area contributed by atoms with Gasteiger partial charge in [0.25, 0.3) is 5.91 Å². The summed E-state index contributed by atoms with van der Waals surface area (Å²) in [5.41, 5.74) is 2.93. The largest absolute Gasteiger partial charge is 0.352 e. The highest BCUT2D eigenvalue weighted by Crippen LogP contribution is 2.22. The molecule has 0 aliphatic rings. The van der Waals surface area contributed by atoms with Gasteiger partial charge in [-0.1, -0.05) is 0 Å². The average molecular weight is 341 g/mol. The zero-order valence-corrected chi connectivity index (χ0v) is 12.4. The van der Waals surface area contributed by atoms with Gasteiger partial charge in [0.1, 0.15) is 5.82 Å². The zero-order valence-electron chi connectivity index (χ0n) is 10.0. The van der Waals surface area contributed by atoms with Crippen LogP contribution in [-0.4, -0.2) is 17.4 Å². The van der Waals surface area contributed by atoms with Crippen molar-refractivity contribution >= 4 is 39.0 Å². The van der Waals surface area contributed by atoms with Gasteiger partial charge in [-0.15, -0.1) is 11.3 Å². The minimum Gasteiger partial charge on any atom is -0.352 e. The number of hydrazine groups is 1. The van der Waals surface area contributed by atoms with E-state index in [1.807, 2.05) is 12.1 Å². The first-order valence-corrected chi connectivity index (χ1v) is 7.25. The predicted molar refractivity (Wildman–Crippen MR) is 80.1 cm³/mol. The Labute approximate surface area is 123 Å². The van der Waals surface area contributed by atoms with E-state index in [-0.39, 0.29) is 5.91 Å². The summed E-state index contributed by atoms with van der Waals surface area (Å²) < 4.78 is 1.10. The summed E-state index contributed by atoms with van der Waals surface area (Å²) in [4.78, 5) is 17.0. The number of aromatic nitrogens is 1. The van der Waals surface area contributed by atoms with Crippen molar-refractivity contribution in [3.05, 3.63) is 44.7 Å². The van der Waals surface area contributed by atoms with Crippen molar-refractivity contribution in [3.63, 3.8) is 0 Å². The Hall–Kier alpha value is -1.44. The summed E-state index contributed by atoms with van der Waals surface area (Å²) >= 11 is 5.08. The molecule has 0 aliphatic carbocycles. The van der Waals surface area contributed by atoms with Crippen molar-refractivity contribution in [3.8, 4) is 0 Å². The SMILES string of the molecule is NNc1ccc(C(=O)NCCc2ccc(Br)s2)cn1. The Kier molecular flexibility index (Phi) is 4.89. The summed E-state index contributed by atoms with van der Waals surface area (Å²) in [7, 11) is 0. The highest BCUT2D eigenvalue weighted by atomic mass is 79.9. The maximum Gasteiger partial charge on any atom is 0.252 e. The van der Waals surface area contributed by atoms with Crippen molar-refractivity contribution in [2.45, 2.75) is 6.42 Å². The molecule has 5 nitrogen and oxygen atoms in total. The summed E-state index contributed by atoms with van der Waals surface area (Å²) in [6, 6.07) is 7.39. The summed E-state index contributed by atoms with van der Waals surface area (Å²) in [6.07, 6.45) is 2.31. The second-order valence-corrected chi connectivity index (χ2v) is 6.34. The molecule has 0 bridgehead atoms. The quantitative estimate of drug-likeness (QED) is 0.575. The van der Waals surface area contributed by atoms with Gasteiger partial charge in [-0.05, 0) is 46.6 Å². The number of nitrogens with zero attached hydrogens (tertiary/aromatic N) is 1. The van der Waals surface area contributed by atoms with Crippen LogP contribution in [0.15, 0.2) is 34.2 Å². The number of hydrogen-bond donors (Lipinski definition) is 3. The van der Waals surface area contributed by atoms with Gasteiger partial charge in [-0.25, -0.2) is 10.8 Å². The number of thiophene rings is 1. The fraction of sp³-hybridized carbons (Fsp3) is 0.167. The van der Waals surface area contributed by atoms with Gasteiger partial charge in [0.15, 0.2) is 0 Å². The van der Waals surface area contributed by atoms with Gasteiger partial charge in [-0.2, -0.15) is 0 Å². The zero-order chi connectivity index (χ0) is 13.7. The van der Waals surface area contributed by atoms with Crippen LogP contribution in [0.1, 0.15) is 15.2 Å². The molecule has 19 heavy (non-hydrogen) atoms. The monoisotopic (exact) mass is 340 g/mol. The van der Waals surface area contributed by atoms with E-state index in [4.69, 9.17) is 5.84 Å². The van der Waals surface area contributed by atoms with E-state index >= 15 is 0 Å². The van der Waals surface area contributed by atoms with Crippen molar-refractivity contribution in [1.82, 2.24) is 10.3 Å². The highest BCUT2D eigenvalue weighted by Gasteiger charge is 2.06. The van der Waals surface area contributed by atoms with Crippen molar-refractivity contribution < 1.29 is 4.79 Å². The van der Waals surface area contributed by atoms with Crippen LogP contribution < -0.4 is 16.6 Å².